The summed E-state index contributed by atoms with van der Waals surface area (Å²) in [5.74, 6) is 0.787. The van der Waals surface area contributed by atoms with Crippen molar-refractivity contribution in [2.75, 3.05) is 13.2 Å². The van der Waals surface area contributed by atoms with E-state index in [0.717, 1.165) is 0 Å². The van der Waals surface area contributed by atoms with Crippen LogP contribution in [0.25, 0.3) is 0 Å². The third-order valence-electron chi connectivity index (χ3n) is 2.38. The molecule has 0 bridgehead atoms. The molecule has 0 fully saturated rings. The second-order valence-electron chi connectivity index (χ2n) is 3.91. The number of hydrogen-bond acceptors (Lipinski definition) is 3. The van der Waals surface area contributed by atoms with Crippen LogP contribution < -0.4 is 9.47 Å². The van der Waals surface area contributed by atoms with Gasteiger partial charge in [-0.05, 0) is 31.5 Å². The maximum atomic E-state index is 12.2. The van der Waals surface area contributed by atoms with Crippen molar-refractivity contribution in [1.82, 2.24) is 0 Å². The minimum Gasteiger partial charge on any atom is -0.490 e. The van der Waals surface area contributed by atoms with E-state index in [0.29, 0.717) is 24.7 Å². The Morgan fingerprint density at radius 3 is 2.21 bits per heavy atom. The summed E-state index contributed by atoms with van der Waals surface area (Å²) in [5, 5.41) is 9.55. The summed E-state index contributed by atoms with van der Waals surface area (Å²) in [6.45, 7) is 4.33. The molecule has 1 aromatic rings. The fourth-order valence-corrected chi connectivity index (χ4v) is 1.61. The van der Waals surface area contributed by atoms with Crippen LogP contribution in [0.5, 0.6) is 11.5 Å². The van der Waals surface area contributed by atoms with Crippen LogP contribution in [0.2, 0.25) is 0 Å². The molecule has 0 aliphatic heterocycles. The summed E-state index contributed by atoms with van der Waals surface area (Å²) in [5.41, 5.74) is 0.157. The Morgan fingerprint density at radius 1 is 1.11 bits per heavy atom. The molecule has 0 aliphatic carbocycles. The lowest BCUT2D eigenvalue weighted by Crippen LogP contribution is -2.13. The highest BCUT2D eigenvalue weighted by Gasteiger charge is 2.32. The van der Waals surface area contributed by atoms with Gasteiger partial charge in [0.15, 0.2) is 11.5 Å². The highest BCUT2D eigenvalue weighted by molar-refractivity contribution is 5.43. The summed E-state index contributed by atoms with van der Waals surface area (Å²) < 4.78 is 47.3. The number of rotatable bonds is 6. The number of hydrogen-bond donors (Lipinski definition) is 1. The van der Waals surface area contributed by atoms with Crippen molar-refractivity contribution in [2.24, 2.45) is 0 Å². The van der Waals surface area contributed by atoms with Crippen LogP contribution in [-0.4, -0.2) is 24.5 Å². The van der Waals surface area contributed by atoms with E-state index in [4.69, 9.17) is 9.47 Å². The normalized spacial score (nSPS) is 13.2. The van der Waals surface area contributed by atoms with Crippen molar-refractivity contribution < 1.29 is 27.8 Å². The van der Waals surface area contributed by atoms with E-state index in [1.807, 2.05) is 0 Å². The van der Waals surface area contributed by atoms with Crippen molar-refractivity contribution in [1.29, 1.82) is 0 Å². The van der Waals surface area contributed by atoms with Gasteiger partial charge in [-0.25, -0.2) is 0 Å². The molecule has 0 radical (unpaired) electrons. The Labute approximate surface area is 110 Å². The molecule has 1 N–H and O–H groups in total. The van der Waals surface area contributed by atoms with E-state index in [1.54, 1.807) is 13.8 Å². The molecule has 6 heteroatoms. The molecule has 1 atom stereocenters. The molecule has 0 saturated heterocycles. The maximum Gasteiger partial charge on any atom is 0.391 e. The summed E-state index contributed by atoms with van der Waals surface area (Å²) in [7, 11) is 0. The topological polar surface area (TPSA) is 38.7 Å². The number of halogens is 3. The van der Waals surface area contributed by atoms with Crippen molar-refractivity contribution in [3.8, 4) is 11.5 Å². The number of aliphatic hydroxyl groups excluding tert-OH is 1. The fourth-order valence-electron chi connectivity index (χ4n) is 1.61. The van der Waals surface area contributed by atoms with Gasteiger partial charge in [0.25, 0.3) is 0 Å². The third-order valence-corrected chi connectivity index (χ3v) is 2.38. The van der Waals surface area contributed by atoms with Gasteiger partial charge in [-0.1, -0.05) is 6.07 Å². The molecule has 0 aromatic heterocycles. The minimum absolute atomic E-state index is 0.157. The molecule has 0 spiro atoms. The van der Waals surface area contributed by atoms with Crippen LogP contribution in [-0.2, 0) is 0 Å². The van der Waals surface area contributed by atoms with Crippen LogP contribution >= 0.6 is 0 Å². The highest BCUT2D eigenvalue weighted by atomic mass is 19.4. The summed E-state index contributed by atoms with van der Waals surface area (Å²) in [6, 6.07) is 4.29. The van der Waals surface area contributed by atoms with E-state index in [2.05, 4.69) is 0 Å². The molecule has 0 saturated carbocycles. The number of benzene rings is 1. The van der Waals surface area contributed by atoms with E-state index in [1.165, 1.54) is 18.2 Å². The Morgan fingerprint density at radius 2 is 1.68 bits per heavy atom. The largest absolute Gasteiger partial charge is 0.490 e. The number of ether oxygens (including phenoxy) is 2. The lowest BCUT2D eigenvalue weighted by molar-refractivity contribution is -0.154. The second kappa shape index (κ2) is 6.65. The summed E-state index contributed by atoms with van der Waals surface area (Å²) in [4.78, 5) is 0. The van der Waals surface area contributed by atoms with Crippen molar-refractivity contribution in [3.05, 3.63) is 23.8 Å². The lowest BCUT2D eigenvalue weighted by Gasteiger charge is -2.16. The van der Waals surface area contributed by atoms with Crippen LogP contribution in [0.15, 0.2) is 18.2 Å². The van der Waals surface area contributed by atoms with Gasteiger partial charge in [0.2, 0.25) is 0 Å². The van der Waals surface area contributed by atoms with Gasteiger partial charge >= 0.3 is 6.18 Å². The maximum absolute atomic E-state index is 12.2. The molecule has 0 heterocycles. The number of alkyl halides is 3. The van der Waals surface area contributed by atoms with Gasteiger partial charge in [-0.15, -0.1) is 0 Å². The smallest absolute Gasteiger partial charge is 0.391 e. The van der Waals surface area contributed by atoms with Crippen molar-refractivity contribution in [2.45, 2.75) is 32.5 Å². The first-order valence-electron chi connectivity index (χ1n) is 6.01. The first kappa shape index (κ1) is 15.6. The van der Waals surface area contributed by atoms with Crippen LogP contribution in [0.3, 0.4) is 0 Å². The number of aliphatic hydroxyl groups is 1. The Bertz CT molecular complexity index is 405. The molecule has 1 unspecified atom stereocenters. The van der Waals surface area contributed by atoms with Crippen LogP contribution in [0.1, 0.15) is 31.9 Å². The molecule has 0 aliphatic rings. The average molecular weight is 278 g/mol. The van der Waals surface area contributed by atoms with Gasteiger partial charge in [0.05, 0.1) is 25.7 Å². The van der Waals surface area contributed by atoms with Gasteiger partial charge in [-0.3, -0.25) is 0 Å². The highest BCUT2D eigenvalue weighted by Crippen LogP contribution is 2.34. The van der Waals surface area contributed by atoms with E-state index >= 15 is 0 Å². The third kappa shape index (κ3) is 4.98. The Kier molecular flexibility index (Phi) is 5.47. The molecular formula is C13H17F3O3. The van der Waals surface area contributed by atoms with Crippen LogP contribution in [0.4, 0.5) is 13.2 Å². The molecule has 1 aromatic carbocycles. The van der Waals surface area contributed by atoms with E-state index in [9.17, 15) is 18.3 Å². The van der Waals surface area contributed by atoms with E-state index < -0.39 is 18.7 Å². The quantitative estimate of drug-likeness (QED) is 0.866. The zero-order valence-electron chi connectivity index (χ0n) is 10.8. The standard InChI is InChI=1S/C13H17F3O3/c1-3-18-11-6-5-9(7-12(11)19-4-2)10(17)8-13(14,15)16/h5-7,10,17H,3-4,8H2,1-2H3. The van der Waals surface area contributed by atoms with E-state index in [-0.39, 0.29) is 5.56 Å². The van der Waals surface area contributed by atoms with Crippen molar-refractivity contribution >= 4 is 0 Å². The van der Waals surface area contributed by atoms with Gasteiger partial charge in [0.1, 0.15) is 0 Å². The first-order chi connectivity index (χ1) is 8.87. The fraction of sp³-hybridized carbons (Fsp3) is 0.538. The zero-order valence-corrected chi connectivity index (χ0v) is 10.8. The SMILES string of the molecule is CCOc1ccc(C(O)CC(F)(F)F)cc1OCC. The summed E-state index contributed by atoms with van der Waals surface area (Å²) in [6.07, 6.45) is -7.30. The predicted octanol–water partition coefficient (Wildman–Crippen LogP) is 3.47. The van der Waals surface area contributed by atoms with Gasteiger partial charge in [-0.2, -0.15) is 13.2 Å². The Hall–Kier alpha value is -1.43. The Balaban J connectivity index is 2.93. The zero-order chi connectivity index (χ0) is 14.5. The van der Waals surface area contributed by atoms with Crippen LogP contribution in [0, 0.1) is 0 Å². The molecule has 0 amide bonds. The predicted molar refractivity (Wildman–Crippen MR) is 64.4 cm³/mol. The lowest BCUT2D eigenvalue weighted by atomic mass is 10.1. The van der Waals surface area contributed by atoms with Gasteiger partial charge in [0, 0.05) is 0 Å². The second-order valence-corrected chi connectivity index (χ2v) is 3.91. The van der Waals surface area contributed by atoms with Gasteiger partial charge < -0.3 is 14.6 Å². The molecule has 1 rings (SSSR count). The molecule has 19 heavy (non-hydrogen) atoms. The average Bonchev–Trinajstić information content (AvgIpc) is 2.29. The minimum atomic E-state index is -4.41. The first-order valence-corrected chi connectivity index (χ1v) is 6.01. The van der Waals surface area contributed by atoms with Crippen molar-refractivity contribution in [3.63, 3.8) is 0 Å². The molecular weight excluding hydrogens is 261 g/mol. The molecule has 3 nitrogen and oxygen atoms in total. The monoisotopic (exact) mass is 278 g/mol. The summed E-state index contributed by atoms with van der Waals surface area (Å²) >= 11 is 0. The molecule has 108 valence electrons.